The summed E-state index contributed by atoms with van der Waals surface area (Å²) < 4.78 is 49.0. The second-order valence-electron chi connectivity index (χ2n) is 4.78. The Morgan fingerprint density at radius 3 is 2.75 bits per heavy atom. The van der Waals surface area contributed by atoms with E-state index in [4.69, 9.17) is 9.47 Å². The molecule has 1 aliphatic heterocycles. The maximum Gasteiger partial charge on any atom is 0.416 e. The normalized spacial score (nSPS) is 21.7. The monoisotopic (exact) mass is 289 g/mol. The van der Waals surface area contributed by atoms with Gasteiger partial charge in [-0.1, -0.05) is 18.2 Å². The first-order chi connectivity index (χ1) is 9.50. The number of ether oxygens (including phenoxy) is 2. The third-order valence-corrected chi connectivity index (χ3v) is 3.37. The Morgan fingerprint density at radius 2 is 2.15 bits per heavy atom. The number of hydrogen-bond acceptors (Lipinski definition) is 3. The van der Waals surface area contributed by atoms with Crippen LogP contribution < -0.4 is 5.32 Å². The van der Waals surface area contributed by atoms with Crippen molar-refractivity contribution < 1.29 is 22.6 Å². The minimum atomic E-state index is -4.31. The molecule has 1 aromatic rings. The zero-order valence-electron chi connectivity index (χ0n) is 11.2. The minimum Gasteiger partial charge on any atom is -0.376 e. The molecule has 0 spiro atoms. The van der Waals surface area contributed by atoms with Crippen molar-refractivity contribution in [3.8, 4) is 0 Å². The molecule has 112 valence electrons. The zero-order valence-corrected chi connectivity index (χ0v) is 11.2. The van der Waals surface area contributed by atoms with Gasteiger partial charge in [0.05, 0.1) is 31.5 Å². The lowest BCUT2D eigenvalue weighted by Crippen LogP contribution is -2.46. The average Bonchev–Trinajstić information content (AvgIpc) is 2.45. The van der Waals surface area contributed by atoms with Gasteiger partial charge >= 0.3 is 6.18 Å². The number of rotatable bonds is 4. The number of halogens is 3. The van der Waals surface area contributed by atoms with E-state index in [1.807, 2.05) is 0 Å². The third kappa shape index (κ3) is 3.94. The van der Waals surface area contributed by atoms with Gasteiger partial charge in [-0.05, 0) is 25.1 Å². The molecule has 6 heteroatoms. The van der Waals surface area contributed by atoms with Gasteiger partial charge in [-0.3, -0.25) is 0 Å². The van der Waals surface area contributed by atoms with Crippen LogP contribution in [0.5, 0.6) is 0 Å². The van der Waals surface area contributed by atoms with Gasteiger partial charge in [-0.2, -0.15) is 13.2 Å². The summed E-state index contributed by atoms with van der Waals surface area (Å²) in [5.74, 6) is 0. The van der Waals surface area contributed by atoms with Crippen LogP contribution in [0.3, 0.4) is 0 Å². The molecule has 0 saturated carbocycles. The van der Waals surface area contributed by atoms with Gasteiger partial charge in [0.25, 0.3) is 0 Å². The van der Waals surface area contributed by atoms with Crippen molar-refractivity contribution in [3.63, 3.8) is 0 Å². The summed E-state index contributed by atoms with van der Waals surface area (Å²) in [7, 11) is 1.77. The predicted molar refractivity (Wildman–Crippen MR) is 68.6 cm³/mol. The fraction of sp³-hybridized carbons (Fsp3) is 0.571. The van der Waals surface area contributed by atoms with E-state index in [1.54, 1.807) is 13.1 Å². The molecule has 1 aromatic carbocycles. The Bertz CT molecular complexity index is 431. The molecule has 1 aliphatic rings. The van der Waals surface area contributed by atoms with Crippen LogP contribution in [-0.4, -0.2) is 39.0 Å². The summed E-state index contributed by atoms with van der Waals surface area (Å²) >= 11 is 0. The molecule has 1 heterocycles. The van der Waals surface area contributed by atoms with Gasteiger partial charge in [-0.25, -0.2) is 0 Å². The van der Waals surface area contributed by atoms with E-state index in [1.165, 1.54) is 12.1 Å². The Kier molecular flexibility index (Phi) is 5.01. The maximum atomic E-state index is 12.7. The largest absolute Gasteiger partial charge is 0.416 e. The van der Waals surface area contributed by atoms with Crippen LogP contribution in [0, 0.1) is 0 Å². The smallest absolute Gasteiger partial charge is 0.376 e. The first kappa shape index (κ1) is 15.3. The van der Waals surface area contributed by atoms with E-state index >= 15 is 0 Å². The molecule has 1 saturated heterocycles. The van der Waals surface area contributed by atoms with Crippen molar-refractivity contribution in [2.45, 2.75) is 24.7 Å². The van der Waals surface area contributed by atoms with Crippen molar-refractivity contribution in [2.24, 2.45) is 0 Å². The minimum absolute atomic E-state index is 0.0706. The summed E-state index contributed by atoms with van der Waals surface area (Å²) in [4.78, 5) is 0. The van der Waals surface area contributed by atoms with Crippen molar-refractivity contribution in [1.29, 1.82) is 0 Å². The summed E-state index contributed by atoms with van der Waals surface area (Å²) in [5, 5.41) is 3.09. The molecule has 0 aliphatic carbocycles. The van der Waals surface area contributed by atoms with Crippen LogP contribution in [0.4, 0.5) is 13.2 Å². The summed E-state index contributed by atoms with van der Waals surface area (Å²) in [5.41, 5.74) is 0.0130. The van der Waals surface area contributed by atoms with Gasteiger partial charge in [-0.15, -0.1) is 0 Å². The number of nitrogens with one attached hydrogen (secondary N) is 1. The third-order valence-electron chi connectivity index (χ3n) is 3.37. The number of likely N-dealkylation sites (N-methyl/N-ethyl adjacent to an activating group) is 1. The van der Waals surface area contributed by atoms with Gasteiger partial charge in [0.2, 0.25) is 0 Å². The molecule has 2 rings (SSSR count). The van der Waals surface area contributed by atoms with E-state index < -0.39 is 11.7 Å². The Morgan fingerprint density at radius 1 is 1.35 bits per heavy atom. The topological polar surface area (TPSA) is 30.5 Å². The lowest BCUT2D eigenvalue weighted by atomic mass is 9.99. The molecular weight excluding hydrogens is 271 g/mol. The number of benzene rings is 1. The molecule has 1 N–H and O–H groups in total. The van der Waals surface area contributed by atoms with Crippen molar-refractivity contribution in [2.75, 3.05) is 26.9 Å². The second kappa shape index (κ2) is 6.56. The van der Waals surface area contributed by atoms with E-state index in [2.05, 4.69) is 5.32 Å². The molecule has 0 amide bonds. The van der Waals surface area contributed by atoms with Gasteiger partial charge < -0.3 is 14.8 Å². The molecule has 20 heavy (non-hydrogen) atoms. The van der Waals surface area contributed by atoms with E-state index in [-0.39, 0.29) is 12.1 Å². The molecular formula is C14H18F3NO2. The highest BCUT2D eigenvalue weighted by atomic mass is 19.4. The van der Waals surface area contributed by atoms with E-state index in [9.17, 15) is 13.2 Å². The first-order valence-corrected chi connectivity index (χ1v) is 6.53. The van der Waals surface area contributed by atoms with E-state index in [0.29, 0.717) is 31.8 Å². The quantitative estimate of drug-likeness (QED) is 0.922. The first-order valence-electron chi connectivity index (χ1n) is 6.53. The number of hydrogen-bond donors (Lipinski definition) is 1. The predicted octanol–water partition coefficient (Wildman–Crippen LogP) is 2.25. The van der Waals surface area contributed by atoms with Crippen molar-refractivity contribution >= 4 is 0 Å². The fourth-order valence-electron chi connectivity index (χ4n) is 2.29. The van der Waals surface area contributed by atoms with Crippen LogP contribution in [0.25, 0.3) is 0 Å². The number of alkyl halides is 3. The SMILES string of the molecule is CNC(Cc1cccc(C(F)(F)F)c1)C1COCCO1. The summed E-state index contributed by atoms with van der Waals surface area (Å²) in [6.07, 6.45) is -3.98. The zero-order chi connectivity index (χ0) is 14.6. The Labute approximate surface area is 116 Å². The second-order valence-corrected chi connectivity index (χ2v) is 4.78. The molecule has 0 radical (unpaired) electrons. The average molecular weight is 289 g/mol. The molecule has 2 unspecified atom stereocenters. The van der Waals surface area contributed by atoms with Crippen LogP contribution in [0.2, 0.25) is 0 Å². The maximum absolute atomic E-state index is 12.7. The van der Waals surface area contributed by atoms with Gasteiger partial charge in [0, 0.05) is 6.04 Å². The lowest BCUT2D eigenvalue weighted by Gasteiger charge is -2.30. The molecule has 2 atom stereocenters. The summed E-state index contributed by atoms with van der Waals surface area (Å²) in [6.45, 7) is 1.55. The van der Waals surface area contributed by atoms with Gasteiger partial charge in [0.1, 0.15) is 0 Å². The van der Waals surface area contributed by atoms with Gasteiger partial charge in [0.15, 0.2) is 0 Å². The van der Waals surface area contributed by atoms with Crippen LogP contribution in [0.1, 0.15) is 11.1 Å². The molecule has 0 bridgehead atoms. The fourth-order valence-corrected chi connectivity index (χ4v) is 2.29. The molecule has 3 nitrogen and oxygen atoms in total. The molecule has 0 aromatic heterocycles. The molecule has 1 fully saturated rings. The standard InChI is InChI=1S/C14H18F3NO2/c1-18-12(13-9-19-5-6-20-13)8-10-3-2-4-11(7-10)14(15,16)17/h2-4,7,12-13,18H,5-6,8-9H2,1H3. The van der Waals surface area contributed by atoms with Crippen molar-refractivity contribution in [3.05, 3.63) is 35.4 Å². The van der Waals surface area contributed by atoms with Crippen LogP contribution >= 0.6 is 0 Å². The van der Waals surface area contributed by atoms with Crippen LogP contribution in [-0.2, 0) is 22.1 Å². The summed E-state index contributed by atoms with van der Waals surface area (Å²) in [6, 6.07) is 5.33. The highest BCUT2D eigenvalue weighted by molar-refractivity contribution is 5.26. The lowest BCUT2D eigenvalue weighted by molar-refractivity contribution is -0.137. The highest BCUT2D eigenvalue weighted by Crippen LogP contribution is 2.29. The van der Waals surface area contributed by atoms with Crippen LogP contribution in [0.15, 0.2) is 24.3 Å². The van der Waals surface area contributed by atoms with Crippen molar-refractivity contribution in [1.82, 2.24) is 5.32 Å². The van der Waals surface area contributed by atoms with E-state index in [0.717, 1.165) is 6.07 Å². The Hall–Kier alpha value is -1.11. The Balaban J connectivity index is 2.07. The highest BCUT2D eigenvalue weighted by Gasteiger charge is 2.31.